The van der Waals surface area contributed by atoms with E-state index >= 15 is 0 Å². The van der Waals surface area contributed by atoms with E-state index in [4.69, 9.17) is 11.0 Å². The van der Waals surface area contributed by atoms with Gasteiger partial charge in [-0.1, -0.05) is 6.92 Å². The van der Waals surface area contributed by atoms with E-state index in [9.17, 15) is 13.2 Å². The summed E-state index contributed by atoms with van der Waals surface area (Å²) in [4.78, 5) is 12.5. The molecule has 0 bridgehead atoms. The van der Waals surface area contributed by atoms with E-state index in [0.29, 0.717) is 9.88 Å². The second kappa shape index (κ2) is 6.03. The van der Waals surface area contributed by atoms with Gasteiger partial charge in [-0.2, -0.15) is 5.26 Å². The summed E-state index contributed by atoms with van der Waals surface area (Å²) in [7, 11) is -3.07. The number of nitrogens with zero attached hydrogens (tertiary/aromatic N) is 1. The molecule has 1 aliphatic rings. The number of ketones is 1. The average Bonchev–Trinajstić information content (AvgIpc) is 3.24. The summed E-state index contributed by atoms with van der Waals surface area (Å²) in [5, 5.41) is 12.6. The lowest BCUT2D eigenvalue weighted by molar-refractivity contribution is 0.0972. The van der Waals surface area contributed by atoms with Crippen LogP contribution in [-0.4, -0.2) is 32.3 Å². The number of carbonyl (C=O) groups excluding carboxylic acids is 1. The van der Waals surface area contributed by atoms with E-state index in [1.807, 2.05) is 6.07 Å². The van der Waals surface area contributed by atoms with Crippen LogP contribution in [0.4, 0.5) is 10.7 Å². The number of rotatable bonds is 7. The third-order valence-corrected chi connectivity index (χ3v) is 6.25. The Morgan fingerprint density at radius 1 is 1.52 bits per heavy atom. The van der Waals surface area contributed by atoms with E-state index < -0.39 is 9.84 Å². The highest BCUT2D eigenvalue weighted by molar-refractivity contribution is 7.91. The second-order valence-electron chi connectivity index (χ2n) is 4.96. The highest BCUT2D eigenvalue weighted by Crippen LogP contribution is 2.41. The van der Waals surface area contributed by atoms with Crippen molar-refractivity contribution in [1.82, 2.24) is 0 Å². The van der Waals surface area contributed by atoms with Crippen LogP contribution < -0.4 is 11.1 Å². The molecule has 0 spiro atoms. The smallest absolute Gasteiger partial charge is 0.178 e. The van der Waals surface area contributed by atoms with Gasteiger partial charge in [0.2, 0.25) is 0 Å². The van der Waals surface area contributed by atoms with Crippen molar-refractivity contribution in [2.75, 3.05) is 29.1 Å². The maximum atomic E-state index is 12.1. The summed E-state index contributed by atoms with van der Waals surface area (Å²) in [6, 6.07) is 1.98. The lowest BCUT2D eigenvalue weighted by Gasteiger charge is -2.04. The molecule has 3 N–H and O–H groups in total. The Bertz CT molecular complexity index is 697. The molecule has 0 atom stereocenters. The Morgan fingerprint density at radius 2 is 2.19 bits per heavy atom. The maximum absolute atomic E-state index is 12.1. The number of nitrogens with two attached hydrogens (primary N) is 1. The highest BCUT2D eigenvalue weighted by Gasteiger charge is 2.34. The van der Waals surface area contributed by atoms with Gasteiger partial charge in [0.05, 0.1) is 16.3 Å². The summed E-state index contributed by atoms with van der Waals surface area (Å²) in [5.41, 5.74) is 6.32. The van der Waals surface area contributed by atoms with Crippen molar-refractivity contribution in [2.24, 2.45) is 5.92 Å². The van der Waals surface area contributed by atoms with Gasteiger partial charge in [0.25, 0.3) is 0 Å². The fraction of sp³-hybridized carbons (Fsp3) is 0.538. The van der Waals surface area contributed by atoms with Crippen LogP contribution in [0.1, 0.15) is 35.0 Å². The fourth-order valence-electron chi connectivity index (χ4n) is 1.86. The Balaban J connectivity index is 2.14. The predicted molar refractivity (Wildman–Crippen MR) is 83.3 cm³/mol. The molecule has 0 aromatic carbocycles. The van der Waals surface area contributed by atoms with Crippen LogP contribution in [0.3, 0.4) is 0 Å². The Hall–Kier alpha value is -1.59. The zero-order valence-corrected chi connectivity index (χ0v) is 13.3. The minimum absolute atomic E-state index is 0.0109. The van der Waals surface area contributed by atoms with Gasteiger partial charge >= 0.3 is 0 Å². The zero-order valence-electron chi connectivity index (χ0n) is 11.7. The van der Waals surface area contributed by atoms with Gasteiger partial charge < -0.3 is 11.1 Å². The van der Waals surface area contributed by atoms with Crippen LogP contribution in [0.5, 0.6) is 0 Å². The third kappa shape index (κ3) is 3.54. The molecular formula is C13H17N3O3S2. The zero-order chi connectivity index (χ0) is 15.6. The molecule has 0 unspecified atom stereocenters. The van der Waals surface area contributed by atoms with E-state index in [2.05, 4.69) is 5.32 Å². The minimum atomic E-state index is -3.07. The first kappa shape index (κ1) is 15.8. The summed E-state index contributed by atoms with van der Waals surface area (Å²) in [5.74, 6) is 0.0876. The molecular weight excluding hydrogens is 310 g/mol. The van der Waals surface area contributed by atoms with Crippen molar-refractivity contribution in [3.63, 3.8) is 0 Å². The molecule has 1 fully saturated rings. The Kier molecular flexibility index (Phi) is 4.54. The molecule has 2 rings (SSSR count). The van der Waals surface area contributed by atoms with E-state index in [1.165, 1.54) is 0 Å². The normalized spacial score (nSPS) is 14.7. The topological polar surface area (TPSA) is 113 Å². The first-order valence-electron chi connectivity index (χ1n) is 6.70. The molecule has 1 aromatic heterocycles. The van der Waals surface area contributed by atoms with Crippen molar-refractivity contribution < 1.29 is 13.2 Å². The Morgan fingerprint density at radius 3 is 2.71 bits per heavy atom. The fourth-order valence-corrected chi connectivity index (χ4v) is 3.67. The lowest BCUT2D eigenvalue weighted by atomic mass is 10.1. The molecule has 0 amide bonds. The molecule has 0 saturated heterocycles. The van der Waals surface area contributed by atoms with Gasteiger partial charge in [-0.25, -0.2) is 8.42 Å². The highest BCUT2D eigenvalue weighted by atomic mass is 32.2. The number of carbonyl (C=O) groups is 1. The van der Waals surface area contributed by atoms with E-state index in [-0.39, 0.29) is 41.0 Å². The van der Waals surface area contributed by atoms with Crippen LogP contribution in [0.15, 0.2) is 0 Å². The standard InChI is InChI=1S/C13H17N3O3S2/c1-2-21(18,19)6-5-16-13-9(7-14)10(15)12(20-13)11(17)8-3-4-8/h8,16H,2-6,15H2,1H3. The SMILES string of the molecule is CCS(=O)(=O)CCNc1sc(C(=O)C2CC2)c(N)c1C#N. The first-order valence-corrected chi connectivity index (χ1v) is 9.34. The Labute approximate surface area is 127 Å². The van der Waals surface area contributed by atoms with Crippen LogP contribution in [0.2, 0.25) is 0 Å². The van der Waals surface area contributed by atoms with E-state index in [1.54, 1.807) is 6.92 Å². The predicted octanol–water partition coefficient (Wildman–Crippen LogP) is 1.64. The molecule has 8 heteroatoms. The number of nitrogens with one attached hydrogen (secondary N) is 1. The number of Topliss-reactive ketones (excluding diaryl/α,β-unsaturated/α-hetero) is 1. The van der Waals surface area contributed by atoms with Gasteiger partial charge in [-0.3, -0.25) is 4.79 Å². The van der Waals surface area contributed by atoms with Gasteiger partial charge in [-0.15, -0.1) is 11.3 Å². The number of nitriles is 1. The summed E-state index contributed by atoms with van der Waals surface area (Å²) in [6.45, 7) is 1.79. The van der Waals surface area contributed by atoms with Crippen molar-refractivity contribution in [3.8, 4) is 6.07 Å². The summed E-state index contributed by atoms with van der Waals surface area (Å²) < 4.78 is 22.9. The van der Waals surface area contributed by atoms with Gasteiger partial charge in [0.1, 0.15) is 16.6 Å². The largest absolute Gasteiger partial charge is 0.396 e. The van der Waals surface area contributed by atoms with Crippen molar-refractivity contribution in [2.45, 2.75) is 19.8 Å². The summed E-state index contributed by atoms with van der Waals surface area (Å²) in [6.07, 6.45) is 1.74. The molecule has 21 heavy (non-hydrogen) atoms. The van der Waals surface area contributed by atoms with Gasteiger partial charge in [0.15, 0.2) is 15.6 Å². The van der Waals surface area contributed by atoms with Crippen molar-refractivity contribution >= 4 is 37.6 Å². The number of thiophene rings is 1. The van der Waals surface area contributed by atoms with Crippen LogP contribution in [0.25, 0.3) is 0 Å². The molecule has 0 aliphatic heterocycles. The maximum Gasteiger partial charge on any atom is 0.178 e. The van der Waals surface area contributed by atoms with Crippen molar-refractivity contribution in [1.29, 1.82) is 5.26 Å². The molecule has 0 radical (unpaired) electrons. The number of nitrogen functional groups attached to an aromatic ring is 1. The molecule has 1 aromatic rings. The number of hydrogen-bond acceptors (Lipinski definition) is 7. The van der Waals surface area contributed by atoms with Crippen molar-refractivity contribution in [3.05, 3.63) is 10.4 Å². The second-order valence-corrected chi connectivity index (χ2v) is 8.46. The lowest BCUT2D eigenvalue weighted by Crippen LogP contribution is -2.17. The summed E-state index contributed by atoms with van der Waals surface area (Å²) >= 11 is 1.14. The average molecular weight is 327 g/mol. The molecule has 1 saturated carbocycles. The van der Waals surface area contributed by atoms with Crippen LogP contribution in [-0.2, 0) is 9.84 Å². The number of anilines is 2. The monoisotopic (exact) mass is 327 g/mol. The molecule has 1 aliphatic carbocycles. The van der Waals surface area contributed by atoms with E-state index in [0.717, 1.165) is 24.2 Å². The first-order chi connectivity index (χ1) is 9.89. The number of hydrogen-bond donors (Lipinski definition) is 2. The molecule has 1 heterocycles. The van der Waals surface area contributed by atoms with Crippen LogP contribution >= 0.6 is 11.3 Å². The third-order valence-electron chi connectivity index (χ3n) is 3.37. The van der Waals surface area contributed by atoms with Crippen LogP contribution in [0, 0.1) is 17.2 Å². The minimum Gasteiger partial charge on any atom is -0.396 e. The van der Waals surface area contributed by atoms with Gasteiger partial charge in [-0.05, 0) is 12.8 Å². The molecule has 114 valence electrons. The number of sulfone groups is 1. The molecule has 6 nitrogen and oxygen atoms in total. The quantitative estimate of drug-likeness (QED) is 0.736. The van der Waals surface area contributed by atoms with Gasteiger partial charge in [0, 0.05) is 18.2 Å².